The quantitative estimate of drug-likeness (QED) is 0.353. The summed E-state index contributed by atoms with van der Waals surface area (Å²) >= 11 is 1.21. The van der Waals surface area contributed by atoms with Crippen LogP contribution in [0.2, 0.25) is 0 Å². The molecule has 0 bridgehead atoms. The van der Waals surface area contributed by atoms with E-state index in [0.717, 1.165) is 6.42 Å². The minimum Gasteiger partial charge on any atom is -0.507 e. The minimum absolute atomic E-state index is 0.0108. The van der Waals surface area contributed by atoms with Crippen LogP contribution in [-0.4, -0.2) is 33.6 Å². The molecule has 1 atom stereocenters. The molecule has 31 heavy (non-hydrogen) atoms. The fourth-order valence-corrected chi connectivity index (χ4v) is 4.19. The van der Waals surface area contributed by atoms with Crippen molar-refractivity contribution >= 4 is 33.9 Å². The van der Waals surface area contributed by atoms with Crippen LogP contribution in [0.1, 0.15) is 35.5 Å². The second kappa shape index (κ2) is 8.69. The maximum Gasteiger partial charge on any atom is 0.301 e. The molecule has 4 rings (SSSR count). The third-order valence-corrected chi connectivity index (χ3v) is 5.70. The van der Waals surface area contributed by atoms with Crippen molar-refractivity contribution < 1.29 is 19.4 Å². The average Bonchev–Trinajstić information content (AvgIpc) is 3.33. The lowest BCUT2D eigenvalue weighted by molar-refractivity contribution is -0.132. The van der Waals surface area contributed by atoms with Gasteiger partial charge in [-0.1, -0.05) is 60.7 Å². The predicted molar refractivity (Wildman–Crippen MR) is 118 cm³/mol. The van der Waals surface area contributed by atoms with Gasteiger partial charge in [0.1, 0.15) is 16.5 Å². The number of Topliss-reactive ketones (excluding diaryl/α,β-unsaturated/α-hetero) is 1. The number of aryl methyl sites for hydroxylation is 1. The summed E-state index contributed by atoms with van der Waals surface area (Å²) in [5, 5.41) is 20.1. The predicted octanol–water partition coefficient (Wildman–Crippen LogP) is 4.26. The SMILES string of the molecule is CCCOc1cccc(C2C(=C(O)c3ccccc3)C(=O)C(=O)N2c2nnc(C)s2)c1. The Labute approximate surface area is 183 Å². The fraction of sp³-hybridized carbons (Fsp3) is 0.217. The Kier molecular flexibility index (Phi) is 5.81. The van der Waals surface area contributed by atoms with Gasteiger partial charge in [0.05, 0.1) is 18.2 Å². The van der Waals surface area contributed by atoms with Crippen molar-refractivity contribution in [1.29, 1.82) is 0 Å². The van der Waals surface area contributed by atoms with Gasteiger partial charge < -0.3 is 9.84 Å². The first-order valence-electron chi connectivity index (χ1n) is 9.90. The molecule has 0 aliphatic carbocycles. The second-order valence-electron chi connectivity index (χ2n) is 7.06. The number of hydrogen-bond donors (Lipinski definition) is 1. The normalized spacial score (nSPS) is 17.9. The highest BCUT2D eigenvalue weighted by Crippen LogP contribution is 2.43. The summed E-state index contributed by atoms with van der Waals surface area (Å²) in [6, 6.07) is 15.1. The highest BCUT2D eigenvalue weighted by atomic mass is 32.1. The van der Waals surface area contributed by atoms with E-state index in [1.165, 1.54) is 16.2 Å². The first kappa shape index (κ1) is 20.7. The van der Waals surface area contributed by atoms with Crippen LogP contribution >= 0.6 is 11.3 Å². The molecule has 1 unspecified atom stereocenters. The number of aliphatic hydroxyl groups is 1. The Balaban J connectivity index is 1.90. The van der Waals surface area contributed by atoms with Gasteiger partial charge in [0.15, 0.2) is 0 Å². The van der Waals surface area contributed by atoms with E-state index >= 15 is 0 Å². The third kappa shape index (κ3) is 3.94. The molecule has 7 nitrogen and oxygen atoms in total. The number of aliphatic hydroxyl groups excluding tert-OH is 1. The lowest BCUT2D eigenvalue weighted by Crippen LogP contribution is -2.29. The monoisotopic (exact) mass is 435 g/mol. The molecule has 8 heteroatoms. The standard InChI is InChI=1S/C23H21N3O4S/c1-3-12-30-17-11-7-10-16(13-17)19-18(20(27)15-8-5-4-6-9-15)21(28)22(29)26(19)23-25-24-14(2)31-23/h4-11,13,19,27H,3,12H2,1-2H3. The molecule has 2 aromatic carbocycles. The summed E-state index contributed by atoms with van der Waals surface area (Å²) in [6.45, 7) is 4.33. The number of rotatable bonds is 6. The molecule has 0 spiro atoms. The first-order chi connectivity index (χ1) is 15.0. The minimum atomic E-state index is -0.849. The molecular weight excluding hydrogens is 414 g/mol. The zero-order valence-electron chi connectivity index (χ0n) is 17.1. The summed E-state index contributed by atoms with van der Waals surface area (Å²) in [5.41, 5.74) is 1.10. The fourth-order valence-electron chi connectivity index (χ4n) is 3.47. The zero-order chi connectivity index (χ0) is 22.0. The Morgan fingerprint density at radius 1 is 1.13 bits per heavy atom. The number of hydrogen-bond acceptors (Lipinski definition) is 7. The lowest BCUT2D eigenvalue weighted by atomic mass is 9.95. The summed E-state index contributed by atoms with van der Waals surface area (Å²) in [7, 11) is 0. The number of carbonyl (C=O) groups is 2. The summed E-state index contributed by atoms with van der Waals surface area (Å²) in [5.74, 6) is -1.12. The molecule has 1 aromatic heterocycles. The maximum absolute atomic E-state index is 13.1. The summed E-state index contributed by atoms with van der Waals surface area (Å²) in [4.78, 5) is 27.4. The molecule has 158 valence electrons. The molecule has 2 heterocycles. The van der Waals surface area contributed by atoms with Crippen LogP contribution in [-0.2, 0) is 9.59 Å². The summed E-state index contributed by atoms with van der Waals surface area (Å²) in [6.07, 6.45) is 0.848. The topological polar surface area (TPSA) is 92.6 Å². The number of ether oxygens (including phenoxy) is 1. The van der Waals surface area contributed by atoms with Crippen LogP contribution in [0.15, 0.2) is 60.2 Å². The smallest absolute Gasteiger partial charge is 0.301 e. The van der Waals surface area contributed by atoms with E-state index in [-0.39, 0.29) is 11.3 Å². The highest BCUT2D eigenvalue weighted by Gasteiger charge is 2.48. The van der Waals surface area contributed by atoms with Crippen molar-refractivity contribution in [3.63, 3.8) is 0 Å². The van der Waals surface area contributed by atoms with Crippen LogP contribution in [0.3, 0.4) is 0 Å². The molecule has 1 aliphatic rings. The Hall–Kier alpha value is -3.52. The Morgan fingerprint density at radius 3 is 2.58 bits per heavy atom. The molecule has 1 fully saturated rings. The number of carbonyl (C=O) groups excluding carboxylic acids is 2. The van der Waals surface area contributed by atoms with E-state index in [1.807, 2.05) is 19.1 Å². The third-order valence-electron chi connectivity index (χ3n) is 4.86. The highest BCUT2D eigenvalue weighted by molar-refractivity contribution is 7.15. The van der Waals surface area contributed by atoms with Crippen molar-refractivity contribution in [2.24, 2.45) is 0 Å². The molecule has 1 amide bonds. The van der Waals surface area contributed by atoms with Gasteiger partial charge in [-0.15, -0.1) is 10.2 Å². The van der Waals surface area contributed by atoms with Crippen molar-refractivity contribution in [1.82, 2.24) is 10.2 Å². The molecule has 1 N–H and O–H groups in total. The van der Waals surface area contributed by atoms with E-state index in [0.29, 0.717) is 33.6 Å². The van der Waals surface area contributed by atoms with E-state index in [4.69, 9.17) is 4.74 Å². The van der Waals surface area contributed by atoms with Gasteiger partial charge in [-0.3, -0.25) is 14.5 Å². The van der Waals surface area contributed by atoms with Crippen LogP contribution in [0.25, 0.3) is 5.76 Å². The van der Waals surface area contributed by atoms with Crippen molar-refractivity contribution in [2.75, 3.05) is 11.5 Å². The van der Waals surface area contributed by atoms with Gasteiger partial charge in [0.25, 0.3) is 5.78 Å². The van der Waals surface area contributed by atoms with E-state index < -0.39 is 17.7 Å². The number of nitrogens with zero attached hydrogens (tertiary/aromatic N) is 3. The van der Waals surface area contributed by atoms with Gasteiger partial charge in [0, 0.05) is 5.56 Å². The zero-order valence-corrected chi connectivity index (χ0v) is 17.9. The van der Waals surface area contributed by atoms with Gasteiger partial charge in [0.2, 0.25) is 5.13 Å². The first-order valence-corrected chi connectivity index (χ1v) is 10.7. The van der Waals surface area contributed by atoms with Gasteiger partial charge in [-0.25, -0.2) is 0 Å². The molecule has 1 saturated heterocycles. The number of amides is 1. The van der Waals surface area contributed by atoms with E-state index in [2.05, 4.69) is 10.2 Å². The number of benzene rings is 2. The maximum atomic E-state index is 13.1. The number of ketones is 1. The van der Waals surface area contributed by atoms with E-state index in [1.54, 1.807) is 49.4 Å². The largest absolute Gasteiger partial charge is 0.507 e. The van der Waals surface area contributed by atoms with Crippen LogP contribution in [0.4, 0.5) is 5.13 Å². The molecular formula is C23H21N3O4S. The number of aromatic nitrogens is 2. The van der Waals surface area contributed by atoms with E-state index in [9.17, 15) is 14.7 Å². The van der Waals surface area contributed by atoms with Crippen LogP contribution in [0.5, 0.6) is 5.75 Å². The van der Waals surface area contributed by atoms with Gasteiger partial charge >= 0.3 is 5.91 Å². The van der Waals surface area contributed by atoms with Gasteiger partial charge in [-0.2, -0.15) is 0 Å². The van der Waals surface area contributed by atoms with Crippen LogP contribution < -0.4 is 9.64 Å². The number of anilines is 1. The summed E-state index contributed by atoms with van der Waals surface area (Å²) < 4.78 is 5.74. The average molecular weight is 436 g/mol. The molecule has 1 aliphatic heterocycles. The van der Waals surface area contributed by atoms with Gasteiger partial charge in [-0.05, 0) is 31.0 Å². The second-order valence-corrected chi connectivity index (χ2v) is 8.22. The Morgan fingerprint density at radius 2 is 1.90 bits per heavy atom. The van der Waals surface area contributed by atoms with Crippen molar-refractivity contribution in [3.8, 4) is 5.75 Å². The molecule has 0 radical (unpaired) electrons. The van der Waals surface area contributed by atoms with Crippen LogP contribution in [0, 0.1) is 6.92 Å². The van der Waals surface area contributed by atoms with Crippen molar-refractivity contribution in [3.05, 3.63) is 76.3 Å². The lowest BCUT2D eigenvalue weighted by Gasteiger charge is -2.23. The molecule has 3 aromatic rings. The molecule has 0 saturated carbocycles. The Bertz CT molecular complexity index is 1160. The van der Waals surface area contributed by atoms with Crippen molar-refractivity contribution in [2.45, 2.75) is 26.3 Å².